The van der Waals surface area contributed by atoms with Crippen molar-refractivity contribution in [1.82, 2.24) is 4.57 Å². The smallest absolute Gasteiger partial charge is 0.261 e. The van der Waals surface area contributed by atoms with E-state index >= 15 is 0 Å². The van der Waals surface area contributed by atoms with E-state index < -0.39 is 0 Å². The second kappa shape index (κ2) is 5.34. The Labute approximate surface area is 122 Å². The van der Waals surface area contributed by atoms with Crippen LogP contribution in [0, 0.1) is 6.92 Å². The first-order chi connectivity index (χ1) is 8.49. The molecule has 18 heavy (non-hydrogen) atoms. The van der Waals surface area contributed by atoms with Crippen molar-refractivity contribution in [2.45, 2.75) is 13.5 Å². The molecule has 2 N–H and O–H groups in total. The van der Waals surface area contributed by atoms with Crippen LogP contribution in [0.3, 0.4) is 0 Å². The van der Waals surface area contributed by atoms with Crippen LogP contribution in [0.25, 0.3) is 0 Å². The van der Waals surface area contributed by atoms with Gasteiger partial charge in [-0.1, -0.05) is 12.2 Å². The van der Waals surface area contributed by atoms with E-state index in [1.54, 1.807) is 22.0 Å². The molecule has 0 amide bonds. The lowest BCUT2D eigenvalue weighted by Crippen LogP contribution is -2.30. The summed E-state index contributed by atoms with van der Waals surface area (Å²) >= 11 is 9.89. The maximum absolute atomic E-state index is 12.2. The highest BCUT2D eigenvalue weighted by Gasteiger charge is 2.09. The Bertz CT molecular complexity index is 660. The molecule has 2 aromatic rings. The van der Waals surface area contributed by atoms with Gasteiger partial charge in [0.15, 0.2) is 0 Å². The number of rotatable bonds is 3. The molecule has 2 heterocycles. The van der Waals surface area contributed by atoms with Crippen molar-refractivity contribution in [1.29, 1.82) is 0 Å². The van der Waals surface area contributed by atoms with Crippen LogP contribution in [0.1, 0.15) is 16.1 Å². The third-order valence-electron chi connectivity index (χ3n) is 2.59. The van der Waals surface area contributed by atoms with E-state index in [4.69, 9.17) is 18.0 Å². The van der Waals surface area contributed by atoms with E-state index in [1.165, 1.54) is 0 Å². The Morgan fingerprint density at radius 1 is 1.56 bits per heavy atom. The summed E-state index contributed by atoms with van der Waals surface area (Å²) in [6.45, 7) is 2.44. The van der Waals surface area contributed by atoms with Gasteiger partial charge >= 0.3 is 0 Å². The van der Waals surface area contributed by atoms with E-state index in [-0.39, 0.29) is 10.5 Å². The molecule has 3 nitrogen and oxygen atoms in total. The third kappa shape index (κ3) is 2.71. The van der Waals surface area contributed by atoms with Crippen molar-refractivity contribution in [2.24, 2.45) is 5.73 Å². The number of nitrogens with zero attached hydrogens (tertiary/aromatic N) is 1. The number of aromatic nitrogens is 1. The van der Waals surface area contributed by atoms with Gasteiger partial charge < -0.3 is 10.3 Å². The molecule has 0 aliphatic carbocycles. The zero-order valence-corrected chi connectivity index (χ0v) is 12.9. The third-order valence-corrected chi connectivity index (χ3v) is 4.50. The molecule has 0 saturated carbocycles. The predicted molar refractivity (Wildman–Crippen MR) is 82.4 cm³/mol. The van der Waals surface area contributed by atoms with Crippen LogP contribution in [0.5, 0.6) is 0 Å². The summed E-state index contributed by atoms with van der Waals surface area (Å²) < 4.78 is 2.71. The summed E-state index contributed by atoms with van der Waals surface area (Å²) in [5.41, 5.74) is 6.70. The van der Waals surface area contributed by atoms with E-state index in [9.17, 15) is 4.79 Å². The van der Waals surface area contributed by atoms with Gasteiger partial charge in [0.25, 0.3) is 5.56 Å². The van der Waals surface area contributed by atoms with Gasteiger partial charge in [-0.2, -0.15) is 0 Å². The first kappa shape index (κ1) is 13.5. The van der Waals surface area contributed by atoms with Crippen molar-refractivity contribution in [3.05, 3.63) is 54.5 Å². The minimum absolute atomic E-state index is 0.132. The number of nitrogens with two attached hydrogens (primary N) is 1. The fraction of sp³-hybridized carbons (Fsp3) is 0.167. The molecule has 2 aromatic heterocycles. The minimum atomic E-state index is -0.132. The molecule has 6 heteroatoms. The average molecular weight is 343 g/mol. The monoisotopic (exact) mass is 342 g/mol. The molecule has 0 saturated heterocycles. The molecule has 0 unspecified atom stereocenters. The fourth-order valence-corrected chi connectivity index (χ4v) is 3.24. The first-order valence-electron chi connectivity index (χ1n) is 5.22. The van der Waals surface area contributed by atoms with Gasteiger partial charge in [-0.25, -0.2) is 0 Å². The maximum Gasteiger partial charge on any atom is 0.261 e. The van der Waals surface area contributed by atoms with Crippen molar-refractivity contribution >= 4 is 44.5 Å². The number of thiocarbonyl (C=S) groups is 1. The molecule has 0 aromatic carbocycles. The van der Waals surface area contributed by atoms with Crippen LogP contribution in [0.15, 0.2) is 32.8 Å². The normalized spacial score (nSPS) is 10.6. The van der Waals surface area contributed by atoms with E-state index in [2.05, 4.69) is 15.9 Å². The largest absolute Gasteiger partial charge is 0.389 e. The van der Waals surface area contributed by atoms with E-state index in [1.807, 2.05) is 24.4 Å². The average Bonchev–Trinajstić information content (AvgIpc) is 2.69. The van der Waals surface area contributed by atoms with Crippen molar-refractivity contribution in [3.63, 3.8) is 0 Å². The molecule has 0 radical (unpaired) electrons. The summed E-state index contributed by atoms with van der Waals surface area (Å²) in [5.74, 6) is 0. The quantitative estimate of drug-likeness (QED) is 0.872. The number of thiophene rings is 1. The summed E-state index contributed by atoms with van der Waals surface area (Å²) in [6, 6.07) is 5.55. The molecule has 2 rings (SSSR count). The second-order valence-corrected chi connectivity index (χ2v) is 6.23. The topological polar surface area (TPSA) is 48.0 Å². The zero-order chi connectivity index (χ0) is 13.3. The molecule has 0 atom stereocenters. The van der Waals surface area contributed by atoms with Crippen LogP contribution < -0.4 is 11.3 Å². The predicted octanol–water partition coefficient (Wildman–Crippen LogP) is 2.66. The highest BCUT2D eigenvalue weighted by atomic mass is 79.9. The lowest BCUT2D eigenvalue weighted by atomic mass is 10.2. The molecule has 0 bridgehead atoms. The lowest BCUT2D eigenvalue weighted by molar-refractivity contribution is 0.737. The summed E-state index contributed by atoms with van der Waals surface area (Å²) in [7, 11) is 0. The van der Waals surface area contributed by atoms with Crippen LogP contribution in [0.4, 0.5) is 0 Å². The number of pyridine rings is 1. The van der Waals surface area contributed by atoms with Crippen molar-refractivity contribution in [2.75, 3.05) is 0 Å². The van der Waals surface area contributed by atoms with Crippen LogP contribution in [-0.4, -0.2) is 9.56 Å². The molecule has 0 aliphatic heterocycles. The second-order valence-electron chi connectivity index (χ2n) is 3.88. The van der Waals surface area contributed by atoms with Gasteiger partial charge in [0.1, 0.15) is 4.99 Å². The Morgan fingerprint density at radius 3 is 2.83 bits per heavy atom. The van der Waals surface area contributed by atoms with Gasteiger partial charge in [-0.15, -0.1) is 11.3 Å². The molecule has 0 fully saturated rings. The van der Waals surface area contributed by atoms with Gasteiger partial charge in [0.2, 0.25) is 0 Å². The first-order valence-corrected chi connectivity index (χ1v) is 7.30. The molecular formula is C12H11BrN2OS2. The van der Waals surface area contributed by atoms with Gasteiger partial charge in [-0.3, -0.25) is 4.79 Å². The maximum atomic E-state index is 12.2. The molecule has 0 spiro atoms. The zero-order valence-electron chi connectivity index (χ0n) is 9.64. The number of halogens is 1. The lowest BCUT2D eigenvalue weighted by Gasteiger charge is -2.10. The summed E-state index contributed by atoms with van der Waals surface area (Å²) in [5, 5.41) is 1.99. The minimum Gasteiger partial charge on any atom is -0.389 e. The standard InChI is InChI=1S/C12H11BrN2OS2/c1-7-2-3-10(11(14)17)12(16)15(7)5-9-4-8(13)6-18-9/h2-4,6H,5H2,1H3,(H2,14,17). The molecular weight excluding hydrogens is 332 g/mol. The number of hydrogen-bond donors (Lipinski definition) is 1. The highest BCUT2D eigenvalue weighted by molar-refractivity contribution is 9.10. The van der Waals surface area contributed by atoms with E-state index in [0.29, 0.717) is 12.1 Å². The number of hydrogen-bond acceptors (Lipinski definition) is 3. The Balaban J connectivity index is 2.47. The van der Waals surface area contributed by atoms with Crippen molar-refractivity contribution < 1.29 is 0 Å². The van der Waals surface area contributed by atoms with Crippen LogP contribution in [-0.2, 0) is 6.54 Å². The summed E-state index contributed by atoms with van der Waals surface area (Å²) in [4.78, 5) is 13.5. The van der Waals surface area contributed by atoms with Gasteiger partial charge in [-0.05, 0) is 41.1 Å². The SMILES string of the molecule is Cc1ccc(C(N)=S)c(=O)n1Cc1cc(Br)cs1. The van der Waals surface area contributed by atoms with E-state index in [0.717, 1.165) is 15.0 Å². The molecule has 0 aliphatic rings. The Hall–Kier alpha value is -0.980. The number of aryl methyl sites for hydroxylation is 1. The van der Waals surface area contributed by atoms with Gasteiger partial charge in [0.05, 0.1) is 12.1 Å². The Morgan fingerprint density at radius 2 is 2.28 bits per heavy atom. The molecule has 94 valence electrons. The van der Waals surface area contributed by atoms with Crippen LogP contribution in [0.2, 0.25) is 0 Å². The highest BCUT2D eigenvalue weighted by Crippen LogP contribution is 2.20. The summed E-state index contributed by atoms with van der Waals surface area (Å²) in [6.07, 6.45) is 0. The Kier molecular flexibility index (Phi) is 3.99. The van der Waals surface area contributed by atoms with Crippen molar-refractivity contribution in [3.8, 4) is 0 Å². The van der Waals surface area contributed by atoms with Gasteiger partial charge in [0, 0.05) is 20.4 Å². The fourth-order valence-electron chi connectivity index (χ4n) is 1.65. The van der Waals surface area contributed by atoms with Crippen LogP contribution >= 0.6 is 39.5 Å².